The fourth-order valence-corrected chi connectivity index (χ4v) is 2.25. The zero-order valence-electron chi connectivity index (χ0n) is 9.37. The van der Waals surface area contributed by atoms with Crippen LogP contribution in [0.25, 0.3) is 0 Å². The van der Waals surface area contributed by atoms with Crippen molar-refractivity contribution in [3.63, 3.8) is 0 Å². The van der Waals surface area contributed by atoms with Crippen LogP contribution in [-0.4, -0.2) is 18.5 Å². The van der Waals surface area contributed by atoms with Gasteiger partial charge < -0.3 is 11.1 Å². The van der Waals surface area contributed by atoms with E-state index < -0.39 is 0 Å². The fraction of sp³-hybridized carbons (Fsp3) is 0.750. The molecule has 0 aliphatic heterocycles. The Labute approximate surface area is 92.1 Å². The summed E-state index contributed by atoms with van der Waals surface area (Å²) in [5.74, 6) is -0.0987. The standard InChI is InChI=1S/C12H22N2O/c1-2-3-6-9-14-11-8-5-4-7-10(11)12(13)15/h2,10-11,14H,1,3-9H2,(H2,13,15)/t10-,11-/m1/s1. The number of unbranched alkanes of at least 4 members (excludes halogenated alkanes) is 1. The van der Waals surface area contributed by atoms with Crippen molar-refractivity contribution in [3.8, 4) is 0 Å². The normalized spacial score (nSPS) is 26.1. The Morgan fingerprint density at radius 2 is 2.20 bits per heavy atom. The smallest absolute Gasteiger partial charge is 0.222 e. The van der Waals surface area contributed by atoms with Crippen molar-refractivity contribution in [3.05, 3.63) is 12.7 Å². The molecule has 1 fully saturated rings. The summed E-state index contributed by atoms with van der Waals surface area (Å²) in [6, 6.07) is 0.307. The van der Waals surface area contributed by atoms with Gasteiger partial charge in [-0.25, -0.2) is 0 Å². The second kappa shape index (κ2) is 6.62. The van der Waals surface area contributed by atoms with Gasteiger partial charge in [-0.1, -0.05) is 18.9 Å². The van der Waals surface area contributed by atoms with Crippen LogP contribution in [0.15, 0.2) is 12.7 Å². The van der Waals surface area contributed by atoms with Crippen molar-refractivity contribution in [2.24, 2.45) is 11.7 Å². The lowest BCUT2D eigenvalue weighted by molar-refractivity contribution is -0.123. The summed E-state index contributed by atoms with van der Waals surface area (Å²) in [7, 11) is 0. The average molecular weight is 210 g/mol. The number of allylic oxidation sites excluding steroid dienone is 1. The maximum absolute atomic E-state index is 11.2. The Morgan fingerprint density at radius 1 is 1.47 bits per heavy atom. The molecule has 1 aliphatic carbocycles. The number of carbonyl (C=O) groups is 1. The molecule has 0 saturated heterocycles. The van der Waals surface area contributed by atoms with E-state index in [2.05, 4.69) is 11.9 Å². The highest BCUT2D eigenvalue weighted by molar-refractivity contribution is 5.77. The molecular weight excluding hydrogens is 188 g/mol. The molecule has 0 aromatic rings. The van der Waals surface area contributed by atoms with Crippen LogP contribution in [-0.2, 0) is 4.79 Å². The highest BCUT2D eigenvalue weighted by Crippen LogP contribution is 2.24. The van der Waals surface area contributed by atoms with Crippen LogP contribution < -0.4 is 11.1 Å². The molecule has 1 aliphatic rings. The molecule has 0 bridgehead atoms. The number of primary amides is 1. The van der Waals surface area contributed by atoms with Crippen molar-refractivity contribution in [2.45, 2.75) is 44.6 Å². The van der Waals surface area contributed by atoms with Crippen LogP contribution in [0.4, 0.5) is 0 Å². The summed E-state index contributed by atoms with van der Waals surface area (Å²) in [4.78, 5) is 11.2. The zero-order valence-corrected chi connectivity index (χ0v) is 9.37. The number of hydrogen-bond donors (Lipinski definition) is 2. The van der Waals surface area contributed by atoms with Crippen LogP contribution in [0.5, 0.6) is 0 Å². The fourth-order valence-electron chi connectivity index (χ4n) is 2.25. The molecular formula is C12H22N2O. The average Bonchev–Trinajstić information content (AvgIpc) is 2.25. The molecule has 86 valence electrons. The molecule has 2 atom stereocenters. The highest BCUT2D eigenvalue weighted by atomic mass is 16.1. The second-order valence-electron chi connectivity index (χ2n) is 4.28. The number of nitrogens with two attached hydrogens (primary N) is 1. The summed E-state index contributed by atoms with van der Waals surface area (Å²) in [6.45, 7) is 4.65. The molecule has 1 rings (SSSR count). The third-order valence-corrected chi connectivity index (χ3v) is 3.12. The van der Waals surface area contributed by atoms with Gasteiger partial charge in [0, 0.05) is 6.04 Å². The third kappa shape index (κ3) is 4.04. The molecule has 0 spiro atoms. The lowest BCUT2D eigenvalue weighted by Crippen LogP contribution is -2.45. The SMILES string of the molecule is C=CCCCN[C@@H]1CCCC[C@H]1C(N)=O. The van der Waals surface area contributed by atoms with Crippen LogP contribution in [0.1, 0.15) is 38.5 Å². The van der Waals surface area contributed by atoms with Gasteiger partial charge in [-0.3, -0.25) is 4.79 Å². The second-order valence-corrected chi connectivity index (χ2v) is 4.28. The maximum atomic E-state index is 11.2. The Hall–Kier alpha value is -0.830. The summed E-state index contributed by atoms with van der Waals surface area (Å²) in [6.07, 6.45) is 8.43. The molecule has 0 aromatic carbocycles. The van der Waals surface area contributed by atoms with E-state index in [0.717, 1.165) is 38.6 Å². The van der Waals surface area contributed by atoms with E-state index in [1.807, 2.05) is 6.08 Å². The molecule has 3 N–H and O–H groups in total. The van der Waals surface area contributed by atoms with Crippen molar-refractivity contribution >= 4 is 5.91 Å². The van der Waals surface area contributed by atoms with Gasteiger partial charge in [0.15, 0.2) is 0 Å². The molecule has 3 heteroatoms. The topological polar surface area (TPSA) is 55.1 Å². The van der Waals surface area contributed by atoms with Crippen LogP contribution in [0.2, 0.25) is 0 Å². The minimum absolute atomic E-state index is 0.0440. The quantitative estimate of drug-likeness (QED) is 0.516. The summed E-state index contributed by atoms with van der Waals surface area (Å²) in [5.41, 5.74) is 5.39. The number of hydrogen-bond acceptors (Lipinski definition) is 2. The molecule has 0 unspecified atom stereocenters. The van der Waals surface area contributed by atoms with E-state index in [4.69, 9.17) is 5.73 Å². The lowest BCUT2D eigenvalue weighted by atomic mass is 9.84. The first kappa shape index (κ1) is 12.2. The summed E-state index contributed by atoms with van der Waals surface area (Å²) < 4.78 is 0. The predicted octanol–water partition coefficient (Wildman–Crippen LogP) is 1.59. The van der Waals surface area contributed by atoms with E-state index in [1.165, 1.54) is 6.42 Å². The Balaban J connectivity index is 2.29. The Morgan fingerprint density at radius 3 is 2.87 bits per heavy atom. The third-order valence-electron chi connectivity index (χ3n) is 3.12. The van der Waals surface area contributed by atoms with Gasteiger partial charge in [0.05, 0.1) is 5.92 Å². The number of nitrogens with one attached hydrogen (secondary N) is 1. The van der Waals surface area contributed by atoms with Gasteiger partial charge in [0.2, 0.25) is 5.91 Å². The van der Waals surface area contributed by atoms with Crippen molar-refractivity contribution in [2.75, 3.05) is 6.54 Å². The number of carbonyl (C=O) groups excluding carboxylic acids is 1. The summed E-state index contributed by atoms with van der Waals surface area (Å²) >= 11 is 0. The van der Waals surface area contributed by atoms with E-state index in [-0.39, 0.29) is 11.8 Å². The molecule has 1 saturated carbocycles. The molecule has 3 nitrogen and oxygen atoms in total. The first-order chi connectivity index (χ1) is 7.25. The number of rotatable bonds is 6. The first-order valence-electron chi connectivity index (χ1n) is 5.89. The largest absolute Gasteiger partial charge is 0.369 e. The molecule has 0 aromatic heterocycles. The van der Waals surface area contributed by atoms with Crippen LogP contribution >= 0.6 is 0 Å². The van der Waals surface area contributed by atoms with E-state index in [1.54, 1.807) is 0 Å². The molecule has 15 heavy (non-hydrogen) atoms. The monoisotopic (exact) mass is 210 g/mol. The minimum atomic E-state index is -0.143. The predicted molar refractivity (Wildman–Crippen MR) is 62.4 cm³/mol. The molecule has 1 amide bonds. The zero-order chi connectivity index (χ0) is 11.1. The minimum Gasteiger partial charge on any atom is -0.369 e. The lowest BCUT2D eigenvalue weighted by Gasteiger charge is -2.30. The Kier molecular flexibility index (Phi) is 5.40. The van der Waals surface area contributed by atoms with Crippen molar-refractivity contribution in [1.29, 1.82) is 0 Å². The van der Waals surface area contributed by atoms with Gasteiger partial charge >= 0.3 is 0 Å². The highest BCUT2D eigenvalue weighted by Gasteiger charge is 2.28. The number of amides is 1. The van der Waals surface area contributed by atoms with E-state index in [0.29, 0.717) is 6.04 Å². The van der Waals surface area contributed by atoms with E-state index in [9.17, 15) is 4.79 Å². The van der Waals surface area contributed by atoms with Gasteiger partial charge in [0.25, 0.3) is 0 Å². The first-order valence-corrected chi connectivity index (χ1v) is 5.89. The van der Waals surface area contributed by atoms with Crippen LogP contribution in [0, 0.1) is 5.92 Å². The molecule has 0 radical (unpaired) electrons. The molecule has 0 heterocycles. The van der Waals surface area contributed by atoms with Gasteiger partial charge in [0.1, 0.15) is 0 Å². The van der Waals surface area contributed by atoms with E-state index >= 15 is 0 Å². The Bertz CT molecular complexity index is 216. The van der Waals surface area contributed by atoms with Crippen molar-refractivity contribution in [1.82, 2.24) is 5.32 Å². The van der Waals surface area contributed by atoms with Gasteiger partial charge in [-0.15, -0.1) is 6.58 Å². The van der Waals surface area contributed by atoms with Gasteiger partial charge in [-0.05, 0) is 32.2 Å². The summed E-state index contributed by atoms with van der Waals surface area (Å²) in [5, 5.41) is 3.44. The van der Waals surface area contributed by atoms with Gasteiger partial charge in [-0.2, -0.15) is 0 Å². The van der Waals surface area contributed by atoms with Crippen LogP contribution in [0.3, 0.4) is 0 Å². The van der Waals surface area contributed by atoms with Crippen molar-refractivity contribution < 1.29 is 4.79 Å². The maximum Gasteiger partial charge on any atom is 0.222 e.